The van der Waals surface area contributed by atoms with Crippen LogP contribution in [0.4, 0.5) is 5.69 Å². The molecule has 0 amide bonds. The summed E-state index contributed by atoms with van der Waals surface area (Å²) in [6.45, 7) is 0. The number of benzene rings is 1. The van der Waals surface area contributed by atoms with Gasteiger partial charge in [-0.15, -0.1) is 6.42 Å². The zero-order valence-electron chi connectivity index (χ0n) is 7.41. The van der Waals surface area contributed by atoms with Crippen molar-refractivity contribution in [1.82, 2.24) is 0 Å². The summed E-state index contributed by atoms with van der Waals surface area (Å²) in [7, 11) is -2.20. The van der Waals surface area contributed by atoms with E-state index in [0.29, 0.717) is 0 Å². The van der Waals surface area contributed by atoms with Gasteiger partial charge in [-0.2, -0.15) is 0 Å². The fourth-order valence-corrected chi connectivity index (χ4v) is 1.52. The summed E-state index contributed by atoms with van der Waals surface area (Å²) in [5.41, 5.74) is 1.57. The van der Waals surface area contributed by atoms with Gasteiger partial charge in [-0.05, 0) is 30.1 Å². The molecule has 1 atom stereocenters. The summed E-state index contributed by atoms with van der Waals surface area (Å²) < 4.78 is 14.0. The van der Waals surface area contributed by atoms with Crippen molar-refractivity contribution in [2.45, 2.75) is 0 Å². The van der Waals surface area contributed by atoms with E-state index < -0.39 is 9.71 Å². The van der Waals surface area contributed by atoms with Gasteiger partial charge in [0, 0.05) is 27.2 Å². The number of anilines is 1. The van der Waals surface area contributed by atoms with Crippen molar-refractivity contribution in [3.05, 3.63) is 29.8 Å². The highest BCUT2D eigenvalue weighted by molar-refractivity contribution is 8.00. The fourth-order valence-electron chi connectivity index (χ4n) is 0.884. The molecule has 0 fully saturated rings. The van der Waals surface area contributed by atoms with E-state index in [1.165, 1.54) is 0 Å². The van der Waals surface area contributed by atoms with E-state index in [0.717, 1.165) is 11.3 Å². The van der Waals surface area contributed by atoms with Gasteiger partial charge in [0.15, 0.2) is 0 Å². The van der Waals surface area contributed by atoms with Crippen LogP contribution in [-0.4, -0.2) is 16.3 Å². The van der Waals surface area contributed by atoms with E-state index in [4.69, 9.17) is 6.42 Å². The summed E-state index contributed by atoms with van der Waals surface area (Å²) in [4.78, 5) is 0. The number of hydrogen-bond donors (Lipinski definition) is 1. The van der Waals surface area contributed by atoms with Crippen LogP contribution in [0.15, 0.2) is 24.3 Å². The van der Waals surface area contributed by atoms with Gasteiger partial charge in [-0.25, -0.2) is 4.21 Å². The Balaban J connectivity index is 2.89. The quantitative estimate of drug-likeness (QED) is 0.557. The summed E-state index contributed by atoms with van der Waals surface area (Å²) in [5.74, 6) is 5.99. The second-order valence-corrected chi connectivity index (χ2v) is 5.04. The van der Waals surface area contributed by atoms with Crippen LogP contribution in [0.2, 0.25) is 0 Å². The average molecular weight is 193 g/mol. The van der Waals surface area contributed by atoms with Crippen molar-refractivity contribution in [3.63, 3.8) is 0 Å². The number of rotatable bonds is 2. The Morgan fingerprint density at radius 2 is 2.00 bits per heavy atom. The van der Waals surface area contributed by atoms with Gasteiger partial charge in [-0.3, -0.25) is 0 Å². The molecular formula is C10H11NOS. The average Bonchev–Trinajstić information content (AvgIpc) is 2.03. The lowest BCUT2D eigenvalue weighted by atomic mass is 10.2. The van der Waals surface area contributed by atoms with Crippen LogP contribution in [0.5, 0.6) is 0 Å². The van der Waals surface area contributed by atoms with Crippen molar-refractivity contribution in [2.75, 3.05) is 11.0 Å². The van der Waals surface area contributed by atoms with Crippen LogP contribution in [0, 0.1) is 12.3 Å². The van der Waals surface area contributed by atoms with E-state index in [-0.39, 0.29) is 0 Å². The molecule has 0 spiro atoms. The van der Waals surface area contributed by atoms with E-state index in [9.17, 15) is 4.21 Å². The van der Waals surface area contributed by atoms with Gasteiger partial charge in [0.1, 0.15) is 0 Å². The molecule has 1 aromatic carbocycles. The first-order chi connectivity index (χ1) is 6.01. The second-order valence-electron chi connectivity index (χ2n) is 2.83. The molecule has 0 aliphatic rings. The molecule has 0 aliphatic carbocycles. The van der Waals surface area contributed by atoms with E-state index in [1.54, 1.807) is 30.5 Å². The maximum Gasteiger partial charge on any atom is 0.0457 e. The molecule has 0 saturated carbocycles. The van der Waals surface area contributed by atoms with Crippen molar-refractivity contribution < 1.29 is 4.21 Å². The molecule has 3 heteroatoms. The molecule has 0 aliphatic heterocycles. The van der Waals surface area contributed by atoms with Crippen LogP contribution >= 0.6 is 0 Å². The molecule has 13 heavy (non-hydrogen) atoms. The third-order valence-corrected chi connectivity index (χ3v) is 2.05. The summed E-state index contributed by atoms with van der Waals surface area (Å²) in [6.07, 6.45) is 6.73. The Morgan fingerprint density at radius 3 is 2.38 bits per heavy atom. The molecule has 0 radical (unpaired) electrons. The maximum atomic E-state index is 11.2. The van der Waals surface area contributed by atoms with Crippen molar-refractivity contribution >= 4 is 21.3 Å². The molecule has 1 unspecified atom stereocenters. The lowest BCUT2D eigenvalue weighted by Crippen LogP contribution is -2.08. The third-order valence-electron chi connectivity index (χ3n) is 1.39. The predicted octanol–water partition coefficient (Wildman–Crippen LogP) is 1.34. The summed E-state index contributed by atoms with van der Waals surface area (Å²) in [5, 5.41) is 0. The molecule has 1 aromatic rings. The summed E-state index contributed by atoms with van der Waals surface area (Å²) in [6, 6.07) is 7.13. The highest BCUT2D eigenvalue weighted by Crippen LogP contribution is 2.09. The molecule has 0 saturated heterocycles. The van der Waals surface area contributed by atoms with Crippen LogP contribution in [0.25, 0.3) is 0 Å². The smallest absolute Gasteiger partial charge is 0.0457 e. The Bertz CT molecular complexity index is 423. The van der Waals surface area contributed by atoms with Gasteiger partial charge in [0.05, 0.1) is 0 Å². The standard InChI is InChI=1S/C10H11NOS/c1-4-9-5-7-10(8-6-9)11-13(2,3)12/h1,5-8H,2H2,3H3,(H,11,12). The number of hydrogen-bond acceptors (Lipinski definition) is 1. The van der Waals surface area contributed by atoms with Gasteiger partial charge in [0.2, 0.25) is 0 Å². The highest BCUT2D eigenvalue weighted by atomic mass is 32.2. The van der Waals surface area contributed by atoms with Crippen molar-refractivity contribution in [2.24, 2.45) is 0 Å². The topological polar surface area (TPSA) is 29.1 Å². The molecule has 0 heterocycles. The largest absolute Gasteiger partial charge is 0.313 e. The molecule has 2 nitrogen and oxygen atoms in total. The Hall–Kier alpha value is -1.40. The molecular weight excluding hydrogens is 182 g/mol. The Kier molecular flexibility index (Phi) is 2.64. The number of nitrogens with one attached hydrogen (secondary N) is 1. The number of terminal acetylenes is 1. The van der Waals surface area contributed by atoms with Crippen LogP contribution < -0.4 is 4.72 Å². The fraction of sp³-hybridized carbons (Fsp3) is 0.100. The first-order valence-electron chi connectivity index (χ1n) is 3.68. The minimum absolute atomic E-state index is 0.765. The zero-order chi connectivity index (χ0) is 9.90. The van der Waals surface area contributed by atoms with E-state index in [1.807, 2.05) is 0 Å². The second kappa shape index (κ2) is 3.55. The van der Waals surface area contributed by atoms with Crippen LogP contribution in [-0.2, 0) is 9.71 Å². The predicted molar refractivity (Wildman–Crippen MR) is 59.2 cm³/mol. The van der Waals surface area contributed by atoms with Gasteiger partial charge in [-0.1, -0.05) is 5.92 Å². The molecule has 68 valence electrons. The van der Waals surface area contributed by atoms with Crippen LogP contribution in [0.3, 0.4) is 0 Å². The monoisotopic (exact) mass is 193 g/mol. The normalized spacial score (nSPS) is 14.2. The van der Waals surface area contributed by atoms with Gasteiger partial charge in [0.25, 0.3) is 0 Å². The first kappa shape index (κ1) is 9.69. The van der Waals surface area contributed by atoms with Crippen molar-refractivity contribution in [3.8, 4) is 12.3 Å². The lowest BCUT2D eigenvalue weighted by Gasteiger charge is -2.06. The van der Waals surface area contributed by atoms with Gasteiger partial charge >= 0.3 is 0 Å². The maximum absolute atomic E-state index is 11.2. The van der Waals surface area contributed by atoms with Crippen LogP contribution in [0.1, 0.15) is 5.56 Å². The van der Waals surface area contributed by atoms with Gasteiger partial charge < -0.3 is 4.72 Å². The minimum Gasteiger partial charge on any atom is -0.313 e. The zero-order valence-corrected chi connectivity index (χ0v) is 8.23. The van der Waals surface area contributed by atoms with E-state index in [2.05, 4.69) is 16.5 Å². The highest BCUT2D eigenvalue weighted by Gasteiger charge is 1.95. The molecule has 1 rings (SSSR count). The minimum atomic E-state index is -2.20. The van der Waals surface area contributed by atoms with E-state index >= 15 is 0 Å². The molecule has 0 bridgehead atoms. The van der Waals surface area contributed by atoms with Crippen molar-refractivity contribution in [1.29, 1.82) is 0 Å². The summed E-state index contributed by atoms with van der Waals surface area (Å²) >= 11 is 0. The third kappa shape index (κ3) is 3.22. The first-order valence-corrected chi connectivity index (χ1v) is 5.81. The molecule has 0 aromatic heterocycles. The Morgan fingerprint density at radius 1 is 1.46 bits per heavy atom. The molecule has 1 N–H and O–H groups in total. The SMILES string of the molecule is C#Cc1ccc(NS(=C)(C)=O)cc1. The lowest BCUT2D eigenvalue weighted by molar-refractivity contribution is 0.688. The Labute approximate surface area is 79.1 Å².